The molecule has 0 saturated carbocycles. The van der Waals surface area contributed by atoms with Crippen LogP contribution in [0.1, 0.15) is 29.5 Å². The van der Waals surface area contributed by atoms with Gasteiger partial charge in [-0.1, -0.05) is 53.6 Å². The SMILES string of the molecule is COc1ccc(Cl)cc1N(CC(=O)NCc1cccc(CN2CCCC2)c1)S(=O)(=O)c1ccc(C)cc1. The highest BCUT2D eigenvalue weighted by molar-refractivity contribution is 7.92. The molecular weight excluding hydrogens is 510 g/mol. The Morgan fingerprint density at radius 1 is 1.03 bits per heavy atom. The predicted octanol–water partition coefficient (Wildman–Crippen LogP) is 4.76. The van der Waals surface area contributed by atoms with Crippen molar-refractivity contribution in [3.8, 4) is 5.75 Å². The molecule has 4 rings (SSSR count). The van der Waals surface area contributed by atoms with Gasteiger partial charge in [0.05, 0.1) is 17.7 Å². The van der Waals surface area contributed by atoms with Gasteiger partial charge in [0.15, 0.2) is 0 Å². The Kier molecular flexibility index (Phi) is 8.74. The number of hydrogen-bond donors (Lipinski definition) is 1. The Labute approximate surface area is 224 Å². The number of hydrogen-bond acceptors (Lipinski definition) is 5. The lowest BCUT2D eigenvalue weighted by Crippen LogP contribution is -2.40. The summed E-state index contributed by atoms with van der Waals surface area (Å²) in [5, 5.41) is 3.20. The molecule has 0 atom stereocenters. The van der Waals surface area contributed by atoms with Crippen LogP contribution in [0.2, 0.25) is 5.02 Å². The first kappa shape index (κ1) is 27.0. The molecule has 3 aromatic carbocycles. The van der Waals surface area contributed by atoms with E-state index in [0.29, 0.717) is 10.8 Å². The minimum atomic E-state index is -4.09. The first-order valence-corrected chi connectivity index (χ1v) is 14.1. The molecule has 3 aromatic rings. The highest BCUT2D eigenvalue weighted by Crippen LogP contribution is 2.34. The van der Waals surface area contributed by atoms with E-state index in [4.69, 9.17) is 16.3 Å². The molecule has 1 saturated heterocycles. The molecule has 1 fully saturated rings. The van der Waals surface area contributed by atoms with Gasteiger partial charge >= 0.3 is 0 Å². The second-order valence-electron chi connectivity index (χ2n) is 9.22. The van der Waals surface area contributed by atoms with Crippen molar-refractivity contribution in [2.75, 3.05) is 31.0 Å². The van der Waals surface area contributed by atoms with E-state index >= 15 is 0 Å². The zero-order chi connectivity index (χ0) is 26.4. The number of likely N-dealkylation sites (tertiary alicyclic amines) is 1. The van der Waals surface area contributed by atoms with Crippen LogP contribution in [0.25, 0.3) is 0 Å². The van der Waals surface area contributed by atoms with Gasteiger partial charge in [0.2, 0.25) is 5.91 Å². The maximum absolute atomic E-state index is 13.7. The first-order chi connectivity index (χ1) is 17.8. The van der Waals surface area contributed by atoms with E-state index in [9.17, 15) is 13.2 Å². The Hall–Kier alpha value is -3.07. The van der Waals surface area contributed by atoms with Crippen LogP contribution in [0, 0.1) is 6.92 Å². The van der Waals surface area contributed by atoms with Crippen LogP contribution in [-0.2, 0) is 27.9 Å². The summed E-state index contributed by atoms with van der Waals surface area (Å²) in [6, 6.07) is 19.3. The standard InChI is InChI=1S/C28H32ClN3O4S/c1-21-8-11-25(12-9-21)37(34,35)32(26-17-24(29)10-13-27(26)36-2)20-28(33)30-18-22-6-5-7-23(16-22)19-31-14-3-4-15-31/h5-13,16-17H,3-4,14-15,18-20H2,1-2H3,(H,30,33). The minimum absolute atomic E-state index is 0.0718. The molecule has 1 amide bonds. The van der Waals surface area contributed by atoms with Gasteiger partial charge in [0.1, 0.15) is 12.3 Å². The van der Waals surface area contributed by atoms with Crippen molar-refractivity contribution in [2.24, 2.45) is 0 Å². The van der Waals surface area contributed by atoms with E-state index < -0.39 is 22.5 Å². The number of anilines is 1. The molecule has 0 aromatic heterocycles. The van der Waals surface area contributed by atoms with E-state index in [1.54, 1.807) is 24.3 Å². The van der Waals surface area contributed by atoms with Gasteiger partial charge in [-0.25, -0.2) is 8.42 Å². The minimum Gasteiger partial charge on any atom is -0.495 e. The van der Waals surface area contributed by atoms with Crippen molar-refractivity contribution in [1.82, 2.24) is 10.2 Å². The largest absolute Gasteiger partial charge is 0.495 e. The zero-order valence-electron chi connectivity index (χ0n) is 21.1. The van der Waals surface area contributed by atoms with Gasteiger partial charge in [-0.2, -0.15) is 0 Å². The molecule has 37 heavy (non-hydrogen) atoms. The molecule has 1 heterocycles. The highest BCUT2D eigenvalue weighted by Gasteiger charge is 2.29. The zero-order valence-corrected chi connectivity index (χ0v) is 22.7. The molecule has 0 spiro atoms. The smallest absolute Gasteiger partial charge is 0.264 e. The lowest BCUT2D eigenvalue weighted by Gasteiger charge is -2.26. The number of methoxy groups -OCH3 is 1. The van der Waals surface area contributed by atoms with E-state index in [-0.39, 0.29) is 17.1 Å². The molecule has 0 radical (unpaired) electrons. The van der Waals surface area contributed by atoms with Crippen LogP contribution in [-0.4, -0.2) is 46.0 Å². The Bertz CT molecular complexity index is 1340. The maximum atomic E-state index is 13.7. The fourth-order valence-corrected chi connectivity index (χ4v) is 6.01. The van der Waals surface area contributed by atoms with Crippen LogP contribution < -0.4 is 14.4 Å². The Morgan fingerprint density at radius 2 is 1.73 bits per heavy atom. The van der Waals surface area contributed by atoms with Gasteiger partial charge in [-0.15, -0.1) is 0 Å². The molecule has 0 aliphatic carbocycles. The van der Waals surface area contributed by atoms with E-state index in [2.05, 4.69) is 22.3 Å². The normalized spacial score (nSPS) is 13.9. The molecule has 7 nitrogen and oxygen atoms in total. The van der Waals surface area contributed by atoms with E-state index in [0.717, 1.165) is 35.1 Å². The number of aryl methyl sites for hydroxylation is 1. The molecule has 1 aliphatic heterocycles. The fourth-order valence-electron chi connectivity index (χ4n) is 4.42. The molecule has 9 heteroatoms. The summed E-state index contributed by atoms with van der Waals surface area (Å²) in [6.45, 7) is 4.84. The summed E-state index contributed by atoms with van der Waals surface area (Å²) in [7, 11) is -2.65. The predicted molar refractivity (Wildman–Crippen MR) is 147 cm³/mol. The average Bonchev–Trinajstić information content (AvgIpc) is 3.39. The maximum Gasteiger partial charge on any atom is 0.264 e. The fraction of sp³-hybridized carbons (Fsp3) is 0.321. The number of rotatable bonds is 10. The van der Waals surface area contributed by atoms with Gasteiger partial charge in [-0.3, -0.25) is 14.0 Å². The number of amides is 1. The molecular formula is C28H32ClN3O4S. The van der Waals surface area contributed by atoms with Gasteiger partial charge < -0.3 is 10.1 Å². The molecule has 1 N–H and O–H groups in total. The van der Waals surface area contributed by atoms with Crippen molar-refractivity contribution >= 4 is 33.2 Å². The number of halogens is 1. The van der Waals surface area contributed by atoms with Crippen molar-refractivity contribution in [3.05, 3.63) is 88.4 Å². The average molecular weight is 542 g/mol. The quantitative estimate of drug-likeness (QED) is 0.400. The Balaban J connectivity index is 1.54. The summed E-state index contributed by atoms with van der Waals surface area (Å²) >= 11 is 6.21. The Morgan fingerprint density at radius 3 is 2.43 bits per heavy atom. The van der Waals surface area contributed by atoms with E-state index in [1.165, 1.54) is 43.7 Å². The summed E-state index contributed by atoms with van der Waals surface area (Å²) in [5.74, 6) is -0.148. The van der Waals surface area contributed by atoms with Gasteiger partial charge in [0, 0.05) is 18.1 Å². The van der Waals surface area contributed by atoms with E-state index in [1.807, 2.05) is 19.1 Å². The summed E-state index contributed by atoms with van der Waals surface area (Å²) in [6.07, 6.45) is 2.46. The molecule has 0 unspecified atom stereocenters. The second-order valence-corrected chi connectivity index (χ2v) is 11.5. The first-order valence-electron chi connectivity index (χ1n) is 12.3. The number of sulfonamides is 1. The van der Waals surface area contributed by atoms with Gasteiger partial charge in [0.25, 0.3) is 10.0 Å². The molecule has 0 bridgehead atoms. The summed E-state index contributed by atoms with van der Waals surface area (Å²) < 4.78 is 33.8. The topological polar surface area (TPSA) is 79.0 Å². The summed E-state index contributed by atoms with van der Waals surface area (Å²) in [5.41, 5.74) is 3.27. The van der Waals surface area contributed by atoms with Crippen LogP contribution in [0.3, 0.4) is 0 Å². The highest BCUT2D eigenvalue weighted by atomic mass is 35.5. The van der Waals surface area contributed by atoms with Crippen molar-refractivity contribution in [2.45, 2.75) is 37.8 Å². The van der Waals surface area contributed by atoms with Crippen molar-refractivity contribution < 1.29 is 17.9 Å². The third-order valence-electron chi connectivity index (χ3n) is 6.39. The lowest BCUT2D eigenvalue weighted by molar-refractivity contribution is -0.119. The van der Waals surface area contributed by atoms with Crippen LogP contribution in [0.5, 0.6) is 5.75 Å². The number of nitrogens with zero attached hydrogens (tertiary/aromatic N) is 2. The van der Waals surface area contributed by atoms with Crippen LogP contribution >= 0.6 is 11.6 Å². The number of carbonyl (C=O) groups excluding carboxylic acids is 1. The molecule has 196 valence electrons. The van der Waals surface area contributed by atoms with Gasteiger partial charge in [-0.05, 0) is 74.3 Å². The second kappa shape index (κ2) is 12.0. The number of ether oxygens (including phenoxy) is 1. The van der Waals surface area contributed by atoms with Crippen molar-refractivity contribution in [3.63, 3.8) is 0 Å². The van der Waals surface area contributed by atoms with Crippen molar-refractivity contribution in [1.29, 1.82) is 0 Å². The summed E-state index contributed by atoms with van der Waals surface area (Å²) in [4.78, 5) is 15.6. The number of carbonyl (C=O) groups is 1. The third-order valence-corrected chi connectivity index (χ3v) is 8.40. The third kappa shape index (κ3) is 6.83. The van der Waals surface area contributed by atoms with Crippen LogP contribution in [0.15, 0.2) is 71.6 Å². The van der Waals surface area contributed by atoms with Crippen LogP contribution in [0.4, 0.5) is 5.69 Å². The number of nitrogens with one attached hydrogen (secondary N) is 1. The monoisotopic (exact) mass is 541 g/mol. The number of benzene rings is 3. The lowest BCUT2D eigenvalue weighted by atomic mass is 10.1. The molecule has 1 aliphatic rings.